The number of unbranched alkanes of at least 4 members (excludes halogenated alkanes) is 1. The second-order valence-corrected chi connectivity index (χ2v) is 6.15. The van der Waals surface area contributed by atoms with Crippen LogP contribution in [0.4, 0.5) is 4.39 Å². The van der Waals surface area contributed by atoms with Gasteiger partial charge in [0.05, 0.1) is 19.8 Å². The quantitative estimate of drug-likeness (QED) is 0.227. The second-order valence-electron chi connectivity index (χ2n) is 6.15. The molecular formula is C19H32FIN4O2. The number of morpholine rings is 1. The summed E-state index contributed by atoms with van der Waals surface area (Å²) in [7, 11) is 0. The van der Waals surface area contributed by atoms with Crippen molar-refractivity contribution in [2.24, 2.45) is 4.99 Å². The fourth-order valence-electron chi connectivity index (χ4n) is 2.62. The van der Waals surface area contributed by atoms with Crippen molar-refractivity contribution >= 4 is 29.9 Å². The van der Waals surface area contributed by atoms with Gasteiger partial charge in [-0.15, -0.1) is 24.0 Å². The SMILES string of the molecule is CCNC(=NCCCCOc1ccc(F)cc1)NCCN1CCOCC1.I. The van der Waals surface area contributed by atoms with Crippen LogP contribution in [0.1, 0.15) is 19.8 Å². The van der Waals surface area contributed by atoms with Gasteiger partial charge in [0.25, 0.3) is 0 Å². The molecule has 0 spiro atoms. The number of guanidine groups is 1. The Morgan fingerprint density at radius 1 is 1.19 bits per heavy atom. The van der Waals surface area contributed by atoms with E-state index in [1.165, 1.54) is 12.1 Å². The van der Waals surface area contributed by atoms with Gasteiger partial charge in [-0.3, -0.25) is 9.89 Å². The van der Waals surface area contributed by atoms with Gasteiger partial charge in [-0.05, 0) is 44.0 Å². The smallest absolute Gasteiger partial charge is 0.191 e. The molecule has 1 heterocycles. The molecule has 1 aliphatic heterocycles. The summed E-state index contributed by atoms with van der Waals surface area (Å²) in [5, 5.41) is 6.65. The van der Waals surface area contributed by atoms with Gasteiger partial charge in [0.15, 0.2) is 5.96 Å². The molecule has 1 aromatic carbocycles. The van der Waals surface area contributed by atoms with Gasteiger partial charge in [0, 0.05) is 39.3 Å². The molecule has 0 atom stereocenters. The van der Waals surface area contributed by atoms with Gasteiger partial charge in [-0.25, -0.2) is 4.39 Å². The maximum atomic E-state index is 12.8. The van der Waals surface area contributed by atoms with Crippen molar-refractivity contribution in [2.45, 2.75) is 19.8 Å². The Morgan fingerprint density at radius 2 is 1.93 bits per heavy atom. The zero-order valence-corrected chi connectivity index (χ0v) is 18.4. The fraction of sp³-hybridized carbons (Fsp3) is 0.632. The average Bonchev–Trinajstić information content (AvgIpc) is 2.67. The Morgan fingerprint density at radius 3 is 2.63 bits per heavy atom. The minimum absolute atomic E-state index is 0. The Hall–Kier alpha value is -1.13. The van der Waals surface area contributed by atoms with Crippen LogP contribution in [-0.4, -0.2) is 69.9 Å². The average molecular weight is 494 g/mol. The van der Waals surface area contributed by atoms with Crippen molar-refractivity contribution in [2.75, 3.05) is 59.1 Å². The summed E-state index contributed by atoms with van der Waals surface area (Å²) in [5.74, 6) is 1.32. The number of hydrogen-bond acceptors (Lipinski definition) is 4. The largest absolute Gasteiger partial charge is 0.494 e. The van der Waals surface area contributed by atoms with Crippen molar-refractivity contribution in [3.63, 3.8) is 0 Å². The predicted molar refractivity (Wildman–Crippen MR) is 118 cm³/mol. The van der Waals surface area contributed by atoms with Crippen LogP contribution in [0, 0.1) is 5.82 Å². The van der Waals surface area contributed by atoms with Crippen LogP contribution in [0.25, 0.3) is 0 Å². The maximum Gasteiger partial charge on any atom is 0.191 e. The number of nitrogens with zero attached hydrogens (tertiary/aromatic N) is 2. The minimum atomic E-state index is -0.247. The predicted octanol–water partition coefficient (Wildman–Crippen LogP) is 2.49. The molecule has 1 saturated heterocycles. The molecule has 1 aromatic rings. The zero-order chi connectivity index (χ0) is 18.5. The van der Waals surface area contributed by atoms with E-state index in [2.05, 4.69) is 27.4 Å². The number of benzene rings is 1. The van der Waals surface area contributed by atoms with Crippen LogP contribution in [0.2, 0.25) is 0 Å². The van der Waals surface area contributed by atoms with E-state index in [4.69, 9.17) is 9.47 Å². The summed E-state index contributed by atoms with van der Waals surface area (Å²) < 4.78 is 23.8. The van der Waals surface area contributed by atoms with Gasteiger partial charge >= 0.3 is 0 Å². The molecule has 2 rings (SSSR count). The van der Waals surface area contributed by atoms with E-state index >= 15 is 0 Å². The molecule has 0 bridgehead atoms. The molecule has 0 saturated carbocycles. The van der Waals surface area contributed by atoms with E-state index in [0.717, 1.165) is 71.3 Å². The third-order valence-corrected chi connectivity index (χ3v) is 4.07. The van der Waals surface area contributed by atoms with Crippen LogP contribution in [0.5, 0.6) is 5.75 Å². The summed E-state index contributed by atoms with van der Waals surface area (Å²) >= 11 is 0. The molecule has 0 aliphatic carbocycles. The van der Waals surface area contributed by atoms with Crippen molar-refractivity contribution in [1.29, 1.82) is 0 Å². The summed E-state index contributed by atoms with van der Waals surface area (Å²) in [5.41, 5.74) is 0. The Balaban J connectivity index is 0.00000364. The van der Waals surface area contributed by atoms with Crippen LogP contribution in [-0.2, 0) is 4.74 Å². The highest BCUT2D eigenvalue weighted by molar-refractivity contribution is 14.0. The third-order valence-electron chi connectivity index (χ3n) is 4.07. The molecule has 6 nitrogen and oxygen atoms in total. The van der Waals surface area contributed by atoms with Crippen molar-refractivity contribution < 1.29 is 13.9 Å². The molecule has 1 fully saturated rings. The monoisotopic (exact) mass is 494 g/mol. The molecule has 0 amide bonds. The standard InChI is InChI=1S/C19H31FN4O2.HI/c1-2-21-19(23-10-11-24-12-15-25-16-13-24)22-9-3-4-14-26-18-7-5-17(20)6-8-18;/h5-8H,2-4,9-16H2,1H3,(H2,21,22,23);1H. The number of halogens is 2. The molecule has 154 valence electrons. The van der Waals surface area contributed by atoms with Gasteiger partial charge in [0.1, 0.15) is 11.6 Å². The first-order valence-electron chi connectivity index (χ1n) is 9.48. The highest BCUT2D eigenvalue weighted by atomic mass is 127. The maximum absolute atomic E-state index is 12.8. The summed E-state index contributed by atoms with van der Waals surface area (Å²) in [6, 6.07) is 6.11. The summed E-state index contributed by atoms with van der Waals surface area (Å²) in [6.07, 6.45) is 1.86. The minimum Gasteiger partial charge on any atom is -0.494 e. The van der Waals surface area contributed by atoms with Crippen LogP contribution in [0.15, 0.2) is 29.3 Å². The topological polar surface area (TPSA) is 58.1 Å². The van der Waals surface area contributed by atoms with E-state index < -0.39 is 0 Å². The molecule has 1 aliphatic rings. The van der Waals surface area contributed by atoms with Crippen LogP contribution >= 0.6 is 24.0 Å². The molecule has 8 heteroatoms. The Bertz CT molecular complexity index is 525. The number of hydrogen-bond donors (Lipinski definition) is 2. The first-order chi connectivity index (χ1) is 12.8. The van der Waals surface area contributed by atoms with E-state index in [1.807, 2.05) is 0 Å². The van der Waals surface area contributed by atoms with Crippen molar-refractivity contribution in [1.82, 2.24) is 15.5 Å². The number of ether oxygens (including phenoxy) is 2. The van der Waals surface area contributed by atoms with Gasteiger partial charge in [-0.1, -0.05) is 0 Å². The van der Waals surface area contributed by atoms with Crippen LogP contribution < -0.4 is 15.4 Å². The van der Waals surface area contributed by atoms with Gasteiger partial charge < -0.3 is 20.1 Å². The molecule has 0 unspecified atom stereocenters. The lowest BCUT2D eigenvalue weighted by molar-refractivity contribution is 0.0389. The molecule has 0 radical (unpaired) electrons. The van der Waals surface area contributed by atoms with E-state index in [-0.39, 0.29) is 29.8 Å². The van der Waals surface area contributed by atoms with Crippen molar-refractivity contribution in [3.05, 3.63) is 30.1 Å². The highest BCUT2D eigenvalue weighted by Gasteiger charge is 2.09. The molecule has 2 N–H and O–H groups in total. The summed E-state index contributed by atoms with van der Waals surface area (Å²) in [4.78, 5) is 6.99. The van der Waals surface area contributed by atoms with Gasteiger partial charge in [0.2, 0.25) is 0 Å². The highest BCUT2D eigenvalue weighted by Crippen LogP contribution is 2.11. The molecular weight excluding hydrogens is 462 g/mol. The summed E-state index contributed by atoms with van der Waals surface area (Å²) in [6.45, 7) is 9.81. The van der Waals surface area contributed by atoms with E-state index in [9.17, 15) is 4.39 Å². The fourth-order valence-corrected chi connectivity index (χ4v) is 2.62. The number of aliphatic imine (C=N–C) groups is 1. The normalized spacial score (nSPS) is 15.1. The number of nitrogens with one attached hydrogen (secondary N) is 2. The number of rotatable bonds is 10. The third kappa shape index (κ3) is 10.7. The van der Waals surface area contributed by atoms with Crippen molar-refractivity contribution in [3.8, 4) is 5.75 Å². The lowest BCUT2D eigenvalue weighted by Crippen LogP contribution is -2.44. The first-order valence-corrected chi connectivity index (χ1v) is 9.48. The lowest BCUT2D eigenvalue weighted by atomic mass is 10.3. The van der Waals surface area contributed by atoms with Crippen LogP contribution in [0.3, 0.4) is 0 Å². The van der Waals surface area contributed by atoms with Gasteiger partial charge in [-0.2, -0.15) is 0 Å². The Kier molecular flexibility index (Phi) is 13.2. The first kappa shape index (κ1) is 23.9. The molecule has 0 aromatic heterocycles. The Labute approximate surface area is 178 Å². The molecule has 27 heavy (non-hydrogen) atoms. The van der Waals surface area contributed by atoms with E-state index in [1.54, 1.807) is 12.1 Å². The van der Waals surface area contributed by atoms with E-state index in [0.29, 0.717) is 12.4 Å². The zero-order valence-electron chi connectivity index (χ0n) is 16.1. The lowest BCUT2D eigenvalue weighted by Gasteiger charge is -2.26. The second kappa shape index (κ2) is 14.9.